The lowest BCUT2D eigenvalue weighted by molar-refractivity contribution is 0.583. The van der Waals surface area contributed by atoms with E-state index < -0.39 is 15.3 Å². The minimum Gasteiger partial charge on any atom is -0.318 e. The number of benzene rings is 1. The van der Waals surface area contributed by atoms with Gasteiger partial charge in [-0.1, -0.05) is 25.1 Å². The van der Waals surface area contributed by atoms with Gasteiger partial charge < -0.3 is 5.32 Å². The van der Waals surface area contributed by atoms with Crippen LogP contribution in [-0.2, 0) is 16.4 Å². The van der Waals surface area contributed by atoms with Gasteiger partial charge in [0, 0.05) is 6.54 Å². The summed E-state index contributed by atoms with van der Waals surface area (Å²) in [6, 6.07) is 7.47. The molecular weight excluding hydrogens is 236 g/mol. The molecule has 0 bridgehead atoms. The Balaban J connectivity index is 2.90. The first-order chi connectivity index (χ1) is 8.01. The lowest BCUT2D eigenvalue weighted by atomic mass is 10.1. The first kappa shape index (κ1) is 14.0. The number of rotatable bonds is 6. The van der Waals surface area contributed by atoms with E-state index in [9.17, 15) is 8.42 Å². The van der Waals surface area contributed by atoms with Crippen molar-refractivity contribution in [2.24, 2.45) is 0 Å². The molecular formula is C12H20N2O2S. The van der Waals surface area contributed by atoms with Gasteiger partial charge in [-0.05, 0) is 32.0 Å². The maximum atomic E-state index is 12.0. The van der Waals surface area contributed by atoms with Crippen LogP contribution in [0.15, 0.2) is 24.3 Å². The lowest BCUT2D eigenvalue weighted by Crippen LogP contribution is -2.33. The topological polar surface area (TPSA) is 58.2 Å². The Kier molecular flexibility index (Phi) is 4.96. The summed E-state index contributed by atoms with van der Waals surface area (Å²) in [5.74, 6) is 0. The molecule has 2 N–H and O–H groups in total. The van der Waals surface area contributed by atoms with Gasteiger partial charge in [-0.2, -0.15) is 0 Å². The zero-order chi connectivity index (χ0) is 12.9. The second-order valence-electron chi connectivity index (χ2n) is 4.03. The number of nitrogens with one attached hydrogen (secondary N) is 2. The molecule has 5 heteroatoms. The normalized spacial score (nSPS) is 13.4. The van der Waals surface area contributed by atoms with Crippen LogP contribution in [0.3, 0.4) is 0 Å². The summed E-state index contributed by atoms with van der Waals surface area (Å²) >= 11 is 0. The van der Waals surface area contributed by atoms with Crippen LogP contribution >= 0.6 is 0 Å². The predicted molar refractivity (Wildman–Crippen MR) is 71.8 cm³/mol. The average Bonchev–Trinajstić information content (AvgIpc) is 2.29. The average molecular weight is 256 g/mol. The van der Waals surface area contributed by atoms with Crippen LogP contribution in [0, 0.1) is 0 Å². The van der Waals surface area contributed by atoms with Crippen LogP contribution in [-0.4, -0.2) is 27.3 Å². The minimum absolute atomic E-state index is 0.434. The molecule has 1 unspecified atom stereocenters. The van der Waals surface area contributed by atoms with E-state index in [1.54, 1.807) is 20.0 Å². The highest BCUT2D eigenvalue weighted by Crippen LogP contribution is 2.18. The lowest BCUT2D eigenvalue weighted by Gasteiger charge is -2.16. The summed E-state index contributed by atoms with van der Waals surface area (Å²) in [4.78, 5) is 0. The van der Waals surface area contributed by atoms with Crippen molar-refractivity contribution in [1.29, 1.82) is 0 Å². The second-order valence-corrected chi connectivity index (χ2v) is 6.12. The molecule has 0 aliphatic heterocycles. The summed E-state index contributed by atoms with van der Waals surface area (Å²) < 4.78 is 26.7. The van der Waals surface area contributed by atoms with E-state index >= 15 is 0 Å². The maximum Gasteiger partial charge on any atom is 0.236 e. The predicted octanol–water partition coefficient (Wildman–Crippen LogP) is 1.60. The fourth-order valence-corrected chi connectivity index (χ4v) is 2.67. The van der Waals surface area contributed by atoms with Crippen molar-refractivity contribution < 1.29 is 8.42 Å². The Morgan fingerprint density at radius 2 is 1.94 bits per heavy atom. The summed E-state index contributed by atoms with van der Waals surface area (Å²) in [6.45, 7) is 4.13. The Morgan fingerprint density at radius 3 is 2.53 bits per heavy atom. The highest BCUT2D eigenvalue weighted by Gasteiger charge is 2.20. The molecule has 1 aromatic carbocycles. The Hall–Kier alpha value is -1.07. The quantitative estimate of drug-likeness (QED) is 0.813. The van der Waals surface area contributed by atoms with Crippen molar-refractivity contribution in [3.05, 3.63) is 29.8 Å². The molecule has 1 atom stereocenters. The van der Waals surface area contributed by atoms with Crippen molar-refractivity contribution in [2.75, 3.05) is 18.3 Å². The molecule has 0 saturated carbocycles. The summed E-state index contributed by atoms with van der Waals surface area (Å²) in [5.41, 5.74) is 1.69. The van der Waals surface area contributed by atoms with Gasteiger partial charge in [-0.15, -0.1) is 0 Å². The Bertz CT molecular complexity index is 457. The van der Waals surface area contributed by atoms with Crippen molar-refractivity contribution in [2.45, 2.75) is 25.5 Å². The molecule has 0 spiro atoms. The summed E-state index contributed by atoms with van der Waals surface area (Å²) in [5, 5.41) is 2.41. The number of anilines is 1. The number of hydrogen-bond donors (Lipinski definition) is 2. The number of para-hydroxylation sites is 1. The zero-order valence-electron chi connectivity index (χ0n) is 10.5. The monoisotopic (exact) mass is 256 g/mol. The van der Waals surface area contributed by atoms with Crippen LogP contribution in [0.25, 0.3) is 0 Å². The molecule has 96 valence electrons. The van der Waals surface area contributed by atoms with Gasteiger partial charge in [-0.25, -0.2) is 8.42 Å². The number of aryl methyl sites for hydroxylation is 1. The van der Waals surface area contributed by atoms with Crippen LogP contribution in [0.5, 0.6) is 0 Å². The van der Waals surface area contributed by atoms with Gasteiger partial charge in [0.2, 0.25) is 10.0 Å². The molecule has 17 heavy (non-hydrogen) atoms. The molecule has 1 aromatic rings. The van der Waals surface area contributed by atoms with Gasteiger partial charge in [-0.3, -0.25) is 4.72 Å². The molecule has 0 fully saturated rings. The smallest absolute Gasteiger partial charge is 0.236 e. The van der Waals surface area contributed by atoms with Gasteiger partial charge in [0.1, 0.15) is 0 Å². The van der Waals surface area contributed by atoms with E-state index in [2.05, 4.69) is 10.0 Å². The third-order valence-electron chi connectivity index (χ3n) is 2.67. The van der Waals surface area contributed by atoms with E-state index in [0.717, 1.165) is 12.0 Å². The van der Waals surface area contributed by atoms with Crippen LogP contribution < -0.4 is 10.0 Å². The summed E-state index contributed by atoms with van der Waals surface area (Å²) in [7, 11) is -1.58. The van der Waals surface area contributed by atoms with Crippen LogP contribution in [0.1, 0.15) is 19.4 Å². The standard InChI is InChI=1S/C12H20N2O2S/c1-4-11-7-5-6-8-12(11)14-17(15,16)10(2)9-13-3/h5-8,10,13-14H,4,9H2,1-3H3. The number of sulfonamides is 1. The van der Waals surface area contributed by atoms with Gasteiger partial charge >= 0.3 is 0 Å². The third-order valence-corrected chi connectivity index (χ3v) is 4.40. The number of hydrogen-bond acceptors (Lipinski definition) is 3. The molecule has 0 amide bonds. The molecule has 4 nitrogen and oxygen atoms in total. The highest BCUT2D eigenvalue weighted by atomic mass is 32.2. The maximum absolute atomic E-state index is 12.0. The molecule has 0 heterocycles. The first-order valence-corrected chi connectivity index (χ1v) is 7.30. The van der Waals surface area contributed by atoms with E-state index in [1.165, 1.54) is 0 Å². The van der Waals surface area contributed by atoms with Gasteiger partial charge in [0.25, 0.3) is 0 Å². The highest BCUT2D eigenvalue weighted by molar-refractivity contribution is 7.93. The van der Waals surface area contributed by atoms with E-state index in [-0.39, 0.29) is 0 Å². The van der Waals surface area contributed by atoms with E-state index in [0.29, 0.717) is 12.2 Å². The van der Waals surface area contributed by atoms with E-state index in [4.69, 9.17) is 0 Å². The fraction of sp³-hybridized carbons (Fsp3) is 0.500. The van der Waals surface area contributed by atoms with Gasteiger partial charge in [0.05, 0.1) is 10.9 Å². The van der Waals surface area contributed by atoms with Crippen LogP contribution in [0.2, 0.25) is 0 Å². The second kappa shape index (κ2) is 6.02. The van der Waals surface area contributed by atoms with Crippen molar-refractivity contribution in [3.63, 3.8) is 0 Å². The van der Waals surface area contributed by atoms with Crippen molar-refractivity contribution in [1.82, 2.24) is 5.32 Å². The van der Waals surface area contributed by atoms with Crippen molar-refractivity contribution in [3.8, 4) is 0 Å². The zero-order valence-corrected chi connectivity index (χ0v) is 11.3. The van der Waals surface area contributed by atoms with E-state index in [1.807, 2.05) is 25.1 Å². The third kappa shape index (κ3) is 3.71. The molecule has 0 saturated heterocycles. The fourth-order valence-electron chi connectivity index (χ4n) is 1.58. The van der Waals surface area contributed by atoms with Crippen LogP contribution in [0.4, 0.5) is 5.69 Å². The van der Waals surface area contributed by atoms with Gasteiger partial charge in [0.15, 0.2) is 0 Å². The minimum atomic E-state index is -3.32. The first-order valence-electron chi connectivity index (χ1n) is 5.75. The summed E-state index contributed by atoms with van der Waals surface area (Å²) in [6.07, 6.45) is 0.805. The van der Waals surface area contributed by atoms with Crippen molar-refractivity contribution >= 4 is 15.7 Å². The SMILES string of the molecule is CCc1ccccc1NS(=O)(=O)C(C)CNC. The molecule has 0 aromatic heterocycles. The Morgan fingerprint density at radius 1 is 1.29 bits per heavy atom. The Labute approximate surface area is 103 Å². The molecule has 0 radical (unpaired) electrons. The molecule has 0 aliphatic rings. The molecule has 1 rings (SSSR count). The largest absolute Gasteiger partial charge is 0.318 e. The molecule has 0 aliphatic carbocycles.